The van der Waals surface area contributed by atoms with E-state index in [1.165, 1.54) is 0 Å². The molecule has 0 saturated carbocycles. The number of unbranched alkanes of at least 4 members (excludes halogenated alkanes) is 2. The number of nitrogens with one attached hydrogen (secondary N) is 2. The number of benzene rings is 3. The van der Waals surface area contributed by atoms with Crippen LogP contribution in [0.25, 0.3) is 0 Å². The van der Waals surface area contributed by atoms with E-state index in [-0.39, 0.29) is 42.8 Å². The average Bonchev–Trinajstić information content (AvgIpc) is 3.05. The molecular weight excluding hydrogens is 653 g/mol. The van der Waals surface area contributed by atoms with Crippen molar-refractivity contribution in [3.8, 4) is 5.75 Å². The SMILES string of the molecule is C[C@@H]1CN([C@H](C)CO)C(=O)c2cccc(NC(=O)CCCCCC(=O)Nc3ccccc3N)c2O[C@@H]1CN(C)Cc1ccc(Cl)c(Cl)c1. The Balaban J connectivity index is 1.42. The van der Waals surface area contributed by atoms with Gasteiger partial charge >= 0.3 is 0 Å². The number of aliphatic hydroxyl groups is 1. The van der Waals surface area contributed by atoms with Gasteiger partial charge in [0.15, 0.2) is 5.75 Å². The van der Waals surface area contributed by atoms with Crippen molar-refractivity contribution < 1.29 is 24.2 Å². The van der Waals surface area contributed by atoms with E-state index in [2.05, 4.69) is 15.5 Å². The number of halogens is 2. The zero-order chi connectivity index (χ0) is 34.8. The number of rotatable bonds is 14. The third-order valence-corrected chi connectivity index (χ3v) is 9.17. The van der Waals surface area contributed by atoms with Crippen LogP contribution in [0.3, 0.4) is 0 Å². The van der Waals surface area contributed by atoms with Gasteiger partial charge in [-0.15, -0.1) is 0 Å². The van der Waals surface area contributed by atoms with Gasteiger partial charge in [0.25, 0.3) is 5.91 Å². The summed E-state index contributed by atoms with van der Waals surface area (Å²) in [5.41, 5.74) is 8.72. The zero-order valence-corrected chi connectivity index (χ0v) is 29.2. The maximum absolute atomic E-state index is 13.8. The lowest BCUT2D eigenvalue weighted by Gasteiger charge is -2.38. The number of para-hydroxylation sites is 3. The summed E-state index contributed by atoms with van der Waals surface area (Å²) in [6, 6.07) is 17.3. The Morgan fingerprint density at radius 1 is 1.00 bits per heavy atom. The van der Waals surface area contributed by atoms with Gasteiger partial charge in [-0.1, -0.05) is 60.8 Å². The monoisotopic (exact) mass is 697 g/mol. The highest BCUT2D eigenvalue weighted by Crippen LogP contribution is 2.35. The van der Waals surface area contributed by atoms with Crippen LogP contribution in [0.15, 0.2) is 60.7 Å². The molecule has 5 N–H and O–H groups in total. The number of nitrogens with two attached hydrogens (primary N) is 1. The summed E-state index contributed by atoms with van der Waals surface area (Å²) in [6.07, 6.45) is 2.10. The molecule has 0 bridgehead atoms. The molecule has 0 fully saturated rings. The van der Waals surface area contributed by atoms with Crippen molar-refractivity contribution in [2.45, 2.75) is 64.6 Å². The van der Waals surface area contributed by atoms with Gasteiger partial charge in [0.2, 0.25) is 11.8 Å². The first kappa shape index (κ1) is 37.0. The molecule has 1 heterocycles. The number of carbonyl (C=O) groups excluding carboxylic acids is 3. The smallest absolute Gasteiger partial charge is 0.258 e. The van der Waals surface area contributed by atoms with Gasteiger partial charge in [0.1, 0.15) is 6.10 Å². The molecule has 4 rings (SSSR count). The van der Waals surface area contributed by atoms with Crippen LogP contribution in [-0.4, -0.2) is 71.5 Å². The first-order chi connectivity index (χ1) is 23.0. The summed E-state index contributed by atoms with van der Waals surface area (Å²) in [6.45, 7) is 5.14. The van der Waals surface area contributed by atoms with Crippen LogP contribution in [-0.2, 0) is 16.1 Å². The first-order valence-electron chi connectivity index (χ1n) is 16.2. The van der Waals surface area contributed by atoms with Crippen LogP contribution in [0.2, 0.25) is 10.0 Å². The summed E-state index contributed by atoms with van der Waals surface area (Å²) in [5.74, 6) is -0.412. The summed E-state index contributed by atoms with van der Waals surface area (Å²) in [4.78, 5) is 43.0. The van der Waals surface area contributed by atoms with Crippen LogP contribution >= 0.6 is 23.2 Å². The molecule has 1 aliphatic heterocycles. The maximum Gasteiger partial charge on any atom is 0.258 e. The van der Waals surface area contributed by atoms with Crippen molar-refractivity contribution in [3.05, 3.63) is 81.8 Å². The first-order valence-corrected chi connectivity index (χ1v) is 17.0. The molecule has 0 aromatic heterocycles. The van der Waals surface area contributed by atoms with Crippen molar-refractivity contribution in [1.29, 1.82) is 0 Å². The Morgan fingerprint density at radius 3 is 2.33 bits per heavy atom. The van der Waals surface area contributed by atoms with Gasteiger partial charge in [-0.3, -0.25) is 19.3 Å². The topological polar surface area (TPSA) is 137 Å². The second-order valence-electron chi connectivity index (χ2n) is 12.5. The normalized spacial score (nSPS) is 16.8. The molecule has 3 aromatic rings. The quantitative estimate of drug-likeness (QED) is 0.112. The number of carbonyl (C=O) groups is 3. The Kier molecular flexibility index (Phi) is 13.5. The average molecular weight is 699 g/mol. The molecular formula is C36H45Cl2N5O5. The van der Waals surface area contributed by atoms with Gasteiger partial charge in [0.05, 0.1) is 45.3 Å². The van der Waals surface area contributed by atoms with Crippen molar-refractivity contribution in [2.24, 2.45) is 5.92 Å². The van der Waals surface area contributed by atoms with Crippen LogP contribution < -0.4 is 21.1 Å². The van der Waals surface area contributed by atoms with E-state index in [0.717, 1.165) is 5.56 Å². The summed E-state index contributed by atoms with van der Waals surface area (Å²) in [5, 5.41) is 16.7. The second-order valence-corrected chi connectivity index (χ2v) is 13.3. The van der Waals surface area contributed by atoms with Crippen LogP contribution in [0.1, 0.15) is 61.9 Å². The predicted molar refractivity (Wildman–Crippen MR) is 192 cm³/mol. The second kappa shape index (κ2) is 17.5. The van der Waals surface area contributed by atoms with E-state index in [1.807, 2.05) is 39.1 Å². The van der Waals surface area contributed by atoms with E-state index in [0.29, 0.717) is 83.7 Å². The highest BCUT2D eigenvalue weighted by Gasteiger charge is 2.34. The van der Waals surface area contributed by atoms with E-state index >= 15 is 0 Å². The highest BCUT2D eigenvalue weighted by molar-refractivity contribution is 6.42. The van der Waals surface area contributed by atoms with Crippen molar-refractivity contribution in [3.63, 3.8) is 0 Å². The number of aliphatic hydroxyl groups excluding tert-OH is 1. The highest BCUT2D eigenvalue weighted by atomic mass is 35.5. The van der Waals surface area contributed by atoms with E-state index in [9.17, 15) is 19.5 Å². The van der Waals surface area contributed by atoms with Gasteiger partial charge in [-0.2, -0.15) is 0 Å². The van der Waals surface area contributed by atoms with Crippen LogP contribution in [0, 0.1) is 5.92 Å². The lowest BCUT2D eigenvalue weighted by molar-refractivity contribution is -0.116. The fourth-order valence-electron chi connectivity index (χ4n) is 5.67. The van der Waals surface area contributed by atoms with E-state index in [4.69, 9.17) is 33.7 Å². The molecule has 3 atom stereocenters. The number of hydrogen-bond acceptors (Lipinski definition) is 7. The molecule has 10 nitrogen and oxygen atoms in total. The fraction of sp³-hybridized carbons (Fsp3) is 0.417. The molecule has 3 amide bonds. The zero-order valence-electron chi connectivity index (χ0n) is 27.7. The molecule has 1 aliphatic rings. The minimum Gasteiger partial charge on any atom is -0.486 e. The number of likely N-dealkylation sites (N-methyl/N-ethyl adjacent to an activating group) is 1. The number of anilines is 3. The number of nitrogens with zero attached hydrogens (tertiary/aromatic N) is 2. The molecule has 3 aromatic carbocycles. The lowest BCUT2D eigenvalue weighted by Crippen LogP contribution is -2.49. The lowest BCUT2D eigenvalue weighted by atomic mass is 9.98. The Hall–Kier alpha value is -3.83. The Labute approximate surface area is 292 Å². The summed E-state index contributed by atoms with van der Waals surface area (Å²) < 4.78 is 6.62. The van der Waals surface area contributed by atoms with Gasteiger partial charge < -0.3 is 31.1 Å². The number of nitrogen functional groups attached to an aromatic ring is 1. The predicted octanol–water partition coefficient (Wildman–Crippen LogP) is 6.46. The minimum absolute atomic E-state index is 0.105. The maximum atomic E-state index is 13.8. The van der Waals surface area contributed by atoms with Gasteiger partial charge in [0, 0.05) is 38.4 Å². The fourth-order valence-corrected chi connectivity index (χ4v) is 5.99. The van der Waals surface area contributed by atoms with Crippen molar-refractivity contribution >= 4 is 58.0 Å². The molecule has 0 spiro atoms. The molecule has 12 heteroatoms. The minimum atomic E-state index is -0.411. The van der Waals surface area contributed by atoms with Gasteiger partial charge in [-0.25, -0.2) is 0 Å². The third kappa shape index (κ3) is 10.1. The molecule has 48 heavy (non-hydrogen) atoms. The number of amides is 3. The Bertz CT molecular complexity index is 1590. The molecule has 0 saturated heterocycles. The molecule has 0 radical (unpaired) electrons. The summed E-state index contributed by atoms with van der Waals surface area (Å²) in [7, 11) is 1.98. The number of fused-ring (bicyclic) bond motifs is 1. The number of hydrogen-bond donors (Lipinski definition) is 4. The summed E-state index contributed by atoms with van der Waals surface area (Å²) >= 11 is 12.4. The van der Waals surface area contributed by atoms with Gasteiger partial charge in [-0.05, 0) is 68.8 Å². The standard InChI is InChI=1S/C36H45Cl2N5O5/c1-23-19-43(24(2)22-44)36(47)26-10-9-13-31(35(26)48-32(23)21-42(3)20-25-16-17-27(37)28(38)18-25)41-34(46)15-6-4-5-14-33(45)40-30-12-8-7-11-29(30)39/h7-13,16-18,23-24,32,44H,4-6,14-15,19-22,39H2,1-3H3,(H,40,45)(H,41,46)/t23-,24-,32-/m1/s1. The van der Waals surface area contributed by atoms with Crippen molar-refractivity contribution in [2.75, 3.05) is 43.1 Å². The van der Waals surface area contributed by atoms with Crippen LogP contribution in [0.5, 0.6) is 5.75 Å². The number of ether oxygens (including phenoxy) is 1. The Morgan fingerprint density at radius 2 is 1.67 bits per heavy atom. The van der Waals surface area contributed by atoms with Crippen molar-refractivity contribution in [1.82, 2.24) is 9.80 Å². The molecule has 0 aliphatic carbocycles. The third-order valence-electron chi connectivity index (χ3n) is 8.44. The molecule has 0 unspecified atom stereocenters. The van der Waals surface area contributed by atoms with E-state index < -0.39 is 6.04 Å². The van der Waals surface area contributed by atoms with E-state index in [1.54, 1.807) is 47.4 Å². The molecule has 258 valence electrons. The van der Waals surface area contributed by atoms with Crippen LogP contribution in [0.4, 0.5) is 17.1 Å². The largest absolute Gasteiger partial charge is 0.486 e.